The van der Waals surface area contributed by atoms with Crippen molar-refractivity contribution in [1.29, 1.82) is 0 Å². The van der Waals surface area contributed by atoms with E-state index in [9.17, 15) is 5.11 Å². The molecule has 2 rings (SSSR count). The van der Waals surface area contributed by atoms with Crippen molar-refractivity contribution < 1.29 is 5.11 Å². The molecule has 0 amide bonds. The lowest BCUT2D eigenvalue weighted by Crippen LogP contribution is -2.40. The molecule has 0 spiro atoms. The molecular formula is C15H23NO. The Bertz CT molecular complexity index is 386. The molecule has 1 aliphatic heterocycles. The molecule has 1 aromatic carbocycles. The topological polar surface area (TPSA) is 32.3 Å². The smallest absolute Gasteiger partial charge is 0.120 e. The van der Waals surface area contributed by atoms with Gasteiger partial charge in [-0.1, -0.05) is 39.0 Å². The standard InChI is InChI=1S/C15H23NO/c1-14(2,3)11-15(9-6-10-16-15)12-7-4-5-8-13(12)17/h4-5,7-8,16-17H,6,9-11H2,1-3H3. The molecule has 0 radical (unpaired) electrons. The number of benzene rings is 1. The first kappa shape index (κ1) is 12.4. The summed E-state index contributed by atoms with van der Waals surface area (Å²) in [6.07, 6.45) is 3.35. The van der Waals surface area contributed by atoms with Gasteiger partial charge in [0.25, 0.3) is 0 Å². The van der Waals surface area contributed by atoms with Gasteiger partial charge in [0.2, 0.25) is 0 Å². The molecule has 0 saturated carbocycles. The van der Waals surface area contributed by atoms with Gasteiger partial charge in [-0.05, 0) is 37.3 Å². The Morgan fingerprint density at radius 3 is 2.53 bits per heavy atom. The van der Waals surface area contributed by atoms with Crippen LogP contribution in [0, 0.1) is 5.41 Å². The minimum atomic E-state index is -0.0381. The maximum atomic E-state index is 10.1. The van der Waals surface area contributed by atoms with E-state index in [4.69, 9.17) is 0 Å². The lowest BCUT2D eigenvalue weighted by atomic mass is 9.75. The van der Waals surface area contributed by atoms with Crippen LogP contribution in [0.2, 0.25) is 0 Å². The highest BCUT2D eigenvalue weighted by Crippen LogP contribution is 2.43. The third-order valence-electron chi connectivity index (χ3n) is 3.50. The van der Waals surface area contributed by atoms with Crippen molar-refractivity contribution in [3.05, 3.63) is 29.8 Å². The number of phenols is 1. The molecule has 0 aromatic heterocycles. The van der Waals surface area contributed by atoms with Gasteiger partial charge in [-0.15, -0.1) is 0 Å². The summed E-state index contributed by atoms with van der Waals surface area (Å²) in [5, 5.41) is 13.7. The molecule has 1 unspecified atom stereocenters. The highest BCUT2D eigenvalue weighted by atomic mass is 16.3. The van der Waals surface area contributed by atoms with Crippen molar-refractivity contribution in [2.75, 3.05) is 6.54 Å². The minimum absolute atomic E-state index is 0.0381. The number of para-hydroxylation sites is 1. The van der Waals surface area contributed by atoms with Crippen LogP contribution in [0.4, 0.5) is 0 Å². The quantitative estimate of drug-likeness (QED) is 0.820. The molecule has 1 atom stereocenters. The first-order chi connectivity index (χ1) is 7.93. The molecule has 1 saturated heterocycles. The second-order valence-corrected chi connectivity index (χ2v) is 6.37. The summed E-state index contributed by atoms with van der Waals surface area (Å²) in [6, 6.07) is 7.75. The predicted octanol–water partition coefficient (Wildman–Crippen LogP) is 3.41. The first-order valence-corrected chi connectivity index (χ1v) is 6.47. The Kier molecular flexibility index (Phi) is 3.17. The Balaban J connectivity index is 2.38. The molecule has 1 aromatic rings. The Morgan fingerprint density at radius 2 is 2.00 bits per heavy atom. The van der Waals surface area contributed by atoms with Gasteiger partial charge in [0.1, 0.15) is 5.75 Å². The van der Waals surface area contributed by atoms with Crippen LogP contribution in [-0.2, 0) is 5.54 Å². The van der Waals surface area contributed by atoms with E-state index in [2.05, 4.69) is 32.2 Å². The fraction of sp³-hybridized carbons (Fsp3) is 0.600. The Morgan fingerprint density at radius 1 is 1.29 bits per heavy atom. The summed E-state index contributed by atoms with van der Waals surface area (Å²) in [5.41, 5.74) is 1.27. The highest BCUT2D eigenvalue weighted by Gasteiger charge is 2.39. The van der Waals surface area contributed by atoms with Crippen molar-refractivity contribution in [2.45, 2.75) is 45.6 Å². The third kappa shape index (κ3) is 2.63. The van der Waals surface area contributed by atoms with E-state index in [-0.39, 0.29) is 11.0 Å². The van der Waals surface area contributed by atoms with E-state index in [1.165, 1.54) is 6.42 Å². The van der Waals surface area contributed by atoms with E-state index in [0.29, 0.717) is 5.75 Å². The van der Waals surface area contributed by atoms with Crippen LogP contribution in [0.3, 0.4) is 0 Å². The number of nitrogens with one attached hydrogen (secondary N) is 1. The molecule has 1 fully saturated rings. The number of phenolic OH excluding ortho intramolecular Hbond substituents is 1. The molecule has 94 valence electrons. The van der Waals surface area contributed by atoms with Crippen LogP contribution < -0.4 is 5.32 Å². The fourth-order valence-corrected chi connectivity index (χ4v) is 3.07. The van der Waals surface area contributed by atoms with Gasteiger partial charge in [-0.2, -0.15) is 0 Å². The van der Waals surface area contributed by atoms with Crippen LogP contribution in [-0.4, -0.2) is 11.7 Å². The zero-order valence-corrected chi connectivity index (χ0v) is 11.1. The highest BCUT2D eigenvalue weighted by molar-refractivity contribution is 5.39. The van der Waals surface area contributed by atoms with Crippen LogP contribution in [0.25, 0.3) is 0 Å². The van der Waals surface area contributed by atoms with E-state index in [0.717, 1.165) is 24.9 Å². The summed E-state index contributed by atoms with van der Waals surface area (Å²) in [7, 11) is 0. The summed E-state index contributed by atoms with van der Waals surface area (Å²) >= 11 is 0. The van der Waals surface area contributed by atoms with Crippen molar-refractivity contribution in [1.82, 2.24) is 5.32 Å². The normalized spacial score (nSPS) is 25.1. The molecule has 2 heteroatoms. The van der Waals surface area contributed by atoms with Gasteiger partial charge in [0.15, 0.2) is 0 Å². The monoisotopic (exact) mass is 233 g/mol. The zero-order chi connectivity index (χ0) is 12.5. The van der Waals surface area contributed by atoms with Gasteiger partial charge in [-0.3, -0.25) is 0 Å². The van der Waals surface area contributed by atoms with Crippen molar-refractivity contribution in [3.63, 3.8) is 0 Å². The number of rotatable bonds is 2. The van der Waals surface area contributed by atoms with E-state index < -0.39 is 0 Å². The van der Waals surface area contributed by atoms with Gasteiger partial charge in [-0.25, -0.2) is 0 Å². The van der Waals surface area contributed by atoms with Crippen LogP contribution >= 0.6 is 0 Å². The molecule has 17 heavy (non-hydrogen) atoms. The van der Waals surface area contributed by atoms with E-state index in [1.54, 1.807) is 6.07 Å². The summed E-state index contributed by atoms with van der Waals surface area (Å²) in [4.78, 5) is 0. The van der Waals surface area contributed by atoms with Crippen molar-refractivity contribution >= 4 is 0 Å². The number of aromatic hydroxyl groups is 1. The van der Waals surface area contributed by atoms with Crippen LogP contribution in [0.15, 0.2) is 24.3 Å². The van der Waals surface area contributed by atoms with Crippen LogP contribution in [0.1, 0.15) is 45.6 Å². The lowest BCUT2D eigenvalue weighted by molar-refractivity contribution is 0.227. The average Bonchev–Trinajstić information content (AvgIpc) is 2.65. The molecule has 1 aliphatic rings. The van der Waals surface area contributed by atoms with Crippen LogP contribution in [0.5, 0.6) is 5.75 Å². The van der Waals surface area contributed by atoms with E-state index in [1.807, 2.05) is 12.1 Å². The fourth-order valence-electron chi connectivity index (χ4n) is 3.07. The van der Waals surface area contributed by atoms with Gasteiger partial charge in [0, 0.05) is 11.1 Å². The Hall–Kier alpha value is -1.02. The molecule has 2 nitrogen and oxygen atoms in total. The van der Waals surface area contributed by atoms with Gasteiger partial charge in [0.05, 0.1) is 0 Å². The second kappa shape index (κ2) is 4.34. The molecule has 2 N–H and O–H groups in total. The van der Waals surface area contributed by atoms with E-state index >= 15 is 0 Å². The third-order valence-corrected chi connectivity index (χ3v) is 3.50. The molecule has 0 aliphatic carbocycles. The maximum absolute atomic E-state index is 10.1. The summed E-state index contributed by atoms with van der Waals surface area (Å²) < 4.78 is 0. The number of hydrogen-bond donors (Lipinski definition) is 2. The SMILES string of the molecule is CC(C)(C)CC1(c2ccccc2O)CCCN1. The average molecular weight is 233 g/mol. The summed E-state index contributed by atoms with van der Waals surface area (Å²) in [5.74, 6) is 0.422. The maximum Gasteiger partial charge on any atom is 0.120 e. The first-order valence-electron chi connectivity index (χ1n) is 6.47. The van der Waals surface area contributed by atoms with Crippen molar-refractivity contribution in [2.24, 2.45) is 5.41 Å². The molecule has 0 bridgehead atoms. The second-order valence-electron chi connectivity index (χ2n) is 6.37. The van der Waals surface area contributed by atoms with Gasteiger partial charge < -0.3 is 10.4 Å². The predicted molar refractivity (Wildman–Crippen MR) is 71.1 cm³/mol. The zero-order valence-electron chi connectivity index (χ0n) is 11.1. The Labute approximate surface area is 104 Å². The summed E-state index contributed by atoms with van der Waals surface area (Å²) in [6.45, 7) is 7.82. The molecule has 1 heterocycles. The lowest BCUT2D eigenvalue weighted by Gasteiger charge is -2.36. The minimum Gasteiger partial charge on any atom is -0.508 e. The number of hydrogen-bond acceptors (Lipinski definition) is 2. The molecular weight excluding hydrogens is 210 g/mol. The largest absolute Gasteiger partial charge is 0.508 e. The van der Waals surface area contributed by atoms with Crippen molar-refractivity contribution in [3.8, 4) is 5.75 Å². The van der Waals surface area contributed by atoms with Gasteiger partial charge >= 0.3 is 0 Å².